The predicted molar refractivity (Wildman–Crippen MR) is 76.2 cm³/mol. The number of hydrogen-bond acceptors (Lipinski definition) is 4. The van der Waals surface area contributed by atoms with E-state index in [1.807, 2.05) is 12.1 Å². The fourth-order valence-electron chi connectivity index (χ4n) is 2.98. The van der Waals surface area contributed by atoms with E-state index in [2.05, 4.69) is 15.5 Å². The maximum Gasteiger partial charge on any atom is 0.220 e. The van der Waals surface area contributed by atoms with Crippen LogP contribution in [0.3, 0.4) is 0 Å². The number of carbonyl (C=O) groups is 1. The highest BCUT2D eigenvalue weighted by molar-refractivity contribution is 5.76. The largest absolute Gasteiger partial charge is 0.468 e. The molecule has 0 spiro atoms. The Kier molecular flexibility index (Phi) is 4.38. The molecule has 0 saturated carbocycles. The zero-order chi connectivity index (χ0) is 13.8. The summed E-state index contributed by atoms with van der Waals surface area (Å²) in [6.07, 6.45) is 4.82. The second kappa shape index (κ2) is 6.41. The van der Waals surface area contributed by atoms with Crippen LogP contribution in [0.5, 0.6) is 0 Å². The minimum absolute atomic E-state index is 0.159. The lowest BCUT2D eigenvalue weighted by atomic mass is 9.99. The van der Waals surface area contributed by atoms with Crippen LogP contribution >= 0.6 is 0 Å². The lowest BCUT2D eigenvalue weighted by Gasteiger charge is -2.28. The van der Waals surface area contributed by atoms with Crippen LogP contribution in [0.4, 0.5) is 0 Å². The average Bonchev–Trinajstić information content (AvgIpc) is 3.07. The molecule has 1 atom stereocenters. The highest BCUT2D eigenvalue weighted by atomic mass is 16.3. The molecule has 0 radical (unpaired) electrons. The van der Waals surface area contributed by atoms with Gasteiger partial charge in [0.2, 0.25) is 5.91 Å². The molecule has 3 heterocycles. The molecule has 2 saturated heterocycles. The number of likely N-dealkylation sites (tertiary alicyclic amines) is 1. The van der Waals surface area contributed by atoms with Crippen molar-refractivity contribution in [2.75, 3.05) is 32.7 Å². The summed E-state index contributed by atoms with van der Waals surface area (Å²) in [5, 5.41) is 6.27. The van der Waals surface area contributed by atoms with Crippen LogP contribution in [0.15, 0.2) is 22.8 Å². The Morgan fingerprint density at radius 3 is 2.85 bits per heavy atom. The minimum atomic E-state index is 0.159. The first-order valence-corrected chi connectivity index (χ1v) is 7.58. The van der Waals surface area contributed by atoms with E-state index in [1.54, 1.807) is 6.26 Å². The zero-order valence-electron chi connectivity index (χ0n) is 11.8. The van der Waals surface area contributed by atoms with E-state index in [1.165, 1.54) is 12.8 Å². The van der Waals surface area contributed by atoms with E-state index in [-0.39, 0.29) is 11.9 Å². The molecule has 2 aliphatic rings. The highest BCUT2D eigenvalue weighted by Crippen LogP contribution is 2.24. The molecule has 3 rings (SSSR count). The molecule has 1 aromatic heterocycles. The van der Waals surface area contributed by atoms with Gasteiger partial charge in [-0.15, -0.1) is 0 Å². The quantitative estimate of drug-likeness (QED) is 0.819. The summed E-state index contributed by atoms with van der Waals surface area (Å²) in [7, 11) is 0. The van der Waals surface area contributed by atoms with Gasteiger partial charge in [-0.2, -0.15) is 0 Å². The molecule has 0 bridgehead atoms. The van der Waals surface area contributed by atoms with Crippen LogP contribution < -0.4 is 10.6 Å². The van der Waals surface area contributed by atoms with Gasteiger partial charge < -0.3 is 15.1 Å². The Labute approximate surface area is 119 Å². The molecule has 2 aliphatic heterocycles. The molecule has 1 amide bonds. The van der Waals surface area contributed by atoms with Gasteiger partial charge >= 0.3 is 0 Å². The second-order valence-corrected chi connectivity index (χ2v) is 5.81. The molecule has 1 aromatic rings. The molecule has 1 unspecified atom stereocenters. The number of carbonyl (C=O) groups excluding carboxylic acids is 1. The minimum Gasteiger partial charge on any atom is -0.468 e. The van der Waals surface area contributed by atoms with Crippen LogP contribution in [-0.4, -0.2) is 43.5 Å². The Bertz CT molecular complexity index is 422. The van der Waals surface area contributed by atoms with Gasteiger partial charge in [0.15, 0.2) is 0 Å². The lowest BCUT2D eigenvalue weighted by molar-refractivity contribution is -0.122. The number of rotatable bonds is 6. The van der Waals surface area contributed by atoms with Crippen LogP contribution in [-0.2, 0) is 4.79 Å². The first-order chi connectivity index (χ1) is 9.83. The highest BCUT2D eigenvalue weighted by Gasteiger charge is 2.26. The molecule has 5 heteroatoms. The smallest absolute Gasteiger partial charge is 0.220 e. The SMILES string of the molecule is O=C(CC1CNC1)NCC(c1ccco1)N1CCCC1. The van der Waals surface area contributed by atoms with Crippen LogP contribution in [0.2, 0.25) is 0 Å². The Balaban J connectivity index is 1.54. The van der Waals surface area contributed by atoms with Crippen LogP contribution in [0.1, 0.15) is 31.1 Å². The summed E-state index contributed by atoms with van der Waals surface area (Å²) in [5.41, 5.74) is 0. The summed E-state index contributed by atoms with van der Waals surface area (Å²) in [6.45, 7) is 4.77. The monoisotopic (exact) mass is 277 g/mol. The first kappa shape index (κ1) is 13.6. The van der Waals surface area contributed by atoms with Crippen molar-refractivity contribution in [3.63, 3.8) is 0 Å². The predicted octanol–water partition coefficient (Wildman–Crippen LogP) is 1.14. The fourth-order valence-corrected chi connectivity index (χ4v) is 2.98. The molecular weight excluding hydrogens is 254 g/mol. The molecule has 2 fully saturated rings. The normalized spacial score (nSPS) is 21.6. The molecular formula is C15H23N3O2. The number of amides is 1. The van der Waals surface area contributed by atoms with Crippen molar-refractivity contribution in [3.8, 4) is 0 Å². The van der Waals surface area contributed by atoms with E-state index < -0.39 is 0 Å². The van der Waals surface area contributed by atoms with Crippen molar-refractivity contribution in [3.05, 3.63) is 24.2 Å². The Hall–Kier alpha value is -1.33. The topological polar surface area (TPSA) is 57.5 Å². The zero-order valence-corrected chi connectivity index (χ0v) is 11.8. The molecule has 0 aromatic carbocycles. The van der Waals surface area contributed by atoms with Crippen LogP contribution in [0.25, 0.3) is 0 Å². The molecule has 2 N–H and O–H groups in total. The second-order valence-electron chi connectivity index (χ2n) is 5.81. The van der Waals surface area contributed by atoms with E-state index in [9.17, 15) is 4.79 Å². The first-order valence-electron chi connectivity index (χ1n) is 7.58. The third-order valence-corrected chi connectivity index (χ3v) is 4.29. The summed E-state index contributed by atoms with van der Waals surface area (Å²) in [4.78, 5) is 14.4. The number of furan rings is 1. The maximum absolute atomic E-state index is 11.9. The fraction of sp³-hybridized carbons (Fsp3) is 0.667. The van der Waals surface area contributed by atoms with Gasteiger partial charge in [-0.3, -0.25) is 9.69 Å². The Morgan fingerprint density at radius 1 is 1.45 bits per heavy atom. The summed E-state index contributed by atoms with van der Waals surface area (Å²) in [6, 6.07) is 4.10. The van der Waals surface area contributed by atoms with Gasteiger partial charge in [-0.1, -0.05) is 0 Å². The summed E-state index contributed by atoms with van der Waals surface area (Å²) >= 11 is 0. The van der Waals surface area contributed by atoms with Gasteiger partial charge in [0.25, 0.3) is 0 Å². The van der Waals surface area contributed by atoms with E-state index >= 15 is 0 Å². The van der Waals surface area contributed by atoms with Crippen molar-refractivity contribution in [1.82, 2.24) is 15.5 Å². The molecule has 0 aliphatic carbocycles. The lowest BCUT2D eigenvalue weighted by Crippen LogP contribution is -2.45. The van der Waals surface area contributed by atoms with Crippen molar-refractivity contribution in [2.45, 2.75) is 25.3 Å². The van der Waals surface area contributed by atoms with Crippen molar-refractivity contribution in [1.29, 1.82) is 0 Å². The summed E-state index contributed by atoms with van der Waals surface area (Å²) in [5.74, 6) is 1.63. The van der Waals surface area contributed by atoms with E-state index in [0.717, 1.165) is 31.9 Å². The standard InChI is InChI=1S/C15H23N3O2/c19-15(8-12-9-16-10-12)17-11-13(14-4-3-7-20-14)18-5-1-2-6-18/h3-4,7,12-13,16H,1-2,5-6,8-11H2,(H,17,19). The molecule has 5 nitrogen and oxygen atoms in total. The van der Waals surface area contributed by atoms with Crippen molar-refractivity contribution < 1.29 is 9.21 Å². The van der Waals surface area contributed by atoms with Crippen molar-refractivity contribution in [2.24, 2.45) is 5.92 Å². The van der Waals surface area contributed by atoms with Gasteiger partial charge in [0, 0.05) is 13.0 Å². The molecule has 20 heavy (non-hydrogen) atoms. The third-order valence-electron chi connectivity index (χ3n) is 4.29. The number of hydrogen-bond donors (Lipinski definition) is 2. The average molecular weight is 277 g/mol. The third kappa shape index (κ3) is 3.22. The van der Waals surface area contributed by atoms with Gasteiger partial charge in [0.05, 0.1) is 12.3 Å². The van der Waals surface area contributed by atoms with Crippen molar-refractivity contribution >= 4 is 5.91 Å². The molecule has 110 valence electrons. The maximum atomic E-state index is 11.9. The van der Waals surface area contributed by atoms with Gasteiger partial charge in [-0.25, -0.2) is 0 Å². The van der Waals surface area contributed by atoms with E-state index in [0.29, 0.717) is 18.9 Å². The summed E-state index contributed by atoms with van der Waals surface area (Å²) < 4.78 is 5.55. The number of nitrogens with one attached hydrogen (secondary N) is 2. The number of nitrogens with zero attached hydrogens (tertiary/aromatic N) is 1. The van der Waals surface area contributed by atoms with Crippen LogP contribution in [0, 0.1) is 5.92 Å². The van der Waals surface area contributed by atoms with Gasteiger partial charge in [0.1, 0.15) is 5.76 Å². The Morgan fingerprint density at radius 2 is 2.25 bits per heavy atom. The van der Waals surface area contributed by atoms with Gasteiger partial charge in [-0.05, 0) is 57.1 Å². The van der Waals surface area contributed by atoms with E-state index in [4.69, 9.17) is 4.42 Å².